The molecule has 2 heterocycles. The van der Waals surface area contributed by atoms with Crippen LogP contribution in [0.15, 0.2) is 36.7 Å². The number of H-pyrrole nitrogens is 1. The van der Waals surface area contributed by atoms with Gasteiger partial charge in [-0.2, -0.15) is 0 Å². The third kappa shape index (κ3) is 4.57. The summed E-state index contributed by atoms with van der Waals surface area (Å²) in [5, 5.41) is 0. The fourth-order valence-electron chi connectivity index (χ4n) is 2.57. The van der Waals surface area contributed by atoms with Crippen LogP contribution < -0.4 is 0 Å². The Morgan fingerprint density at radius 2 is 1.80 bits per heavy atom. The summed E-state index contributed by atoms with van der Waals surface area (Å²) in [5.41, 5.74) is 2.50. The minimum absolute atomic E-state index is 1.08. The van der Waals surface area contributed by atoms with Crippen molar-refractivity contribution in [1.82, 2.24) is 9.55 Å². The van der Waals surface area contributed by atoms with Crippen LogP contribution in [0, 0.1) is 0 Å². The van der Waals surface area contributed by atoms with E-state index in [4.69, 9.17) is 0 Å². The summed E-state index contributed by atoms with van der Waals surface area (Å²) < 4.78 is 3.43. The lowest BCUT2D eigenvalue weighted by Gasteiger charge is -2.23. The molecule has 3 heteroatoms. The van der Waals surface area contributed by atoms with Crippen LogP contribution in [0.25, 0.3) is 11.4 Å². The average Bonchev–Trinajstić information content (AvgIpc) is 3.02. The summed E-state index contributed by atoms with van der Waals surface area (Å²) in [6, 6.07) is 8.50. The van der Waals surface area contributed by atoms with Crippen LogP contribution in [0.3, 0.4) is 0 Å². The van der Waals surface area contributed by atoms with Gasteiger partial charge in [-0.05, 0) is 43.5 Å². The maximum atomic E-state index is 3.28. The maximum Gasteiger partial charge on any atom is 0.0780 e. The monoisotopic (exact) mass is 274 g/mol. The van der Waals surface area contributed by atoms with Gasteiger partial charge in [0.05, 0.1) is 39.1 Å². The predicted octanol–water partition coefficient (Wildman–Crippen LogP) is 3.75. The molecular formula is C17H28N3+. The topological polar surface area (TPSA) is 20.7 Å². The lowest BCUT2D eigenvalue weighted by atomic mass is 10.2. The van der Waals surface area contributed by atoms with Gasteiger partial charge in [-0.15, -0.1) is 0 Å². The van der Waals surface area contributed by atoms with E-state index in [-0.39, 0.29) is 0 Å². The third-order valence-electron chi connectivity index (χ3n) is 3.68. The first-order valence-corrected chi connectivity index (χ1v) is 7.66. The second kappa shape index (κ2) is 6.80. The summed E-state index contributed by atoms with van der Waals surface area (Å²) in [7, 11) is 6.80. The Morgan fingerprint density at radius 1 is 1.00 bits per heavy atom. The van der Waals surface area contributed by atoms with Gasteiger partial charge in [0.1, 0.15) is 0 Å². The van der Waals surface area contributed by atoms with E-state index in [9.17, 15) is 0 Å². The third-order valence-corrected chi connectivity index (χ3v) is 3.68. The van der Waals surface area contributed by atoms with E-state index in [1.54, 1.807) is 0 Å². The van der Waals surface area contributed by atoms with Crippen molar-refractivity contribution < 1.29 is 4.48 Å². The molecule has 0 aliphatic rings. The lowest BCUT2D eigenvalue weighted by molar-refractivity contribution is -0.870. The van der Waals surface area contributed by atoms with E-state index in [0.717, 1.165) is 11.0 Å². The SMILES string of the molecule is C[N+](C)(C)CCCCCCn1cccc1-c1ccc[nH]1. The maximum absolute atomic E-state index is 3.28. The smallest absolute Gasteiger partial charge is 0.0780 e. The van der Waals surface area contributed by atoms with E-state index < -0.39 is 0 Å². The Balaban J connectivity index is 1.72. The standard InChI is InChI=1S/C17H28N3/c1-20(2,3)15-7-5-4-6-13-19-14-9-11-17(19)16-10-8-12-18-16/h8-12,14,18H,4-7,13,15H2,1-3H3/q+1. The zero-order valence-corrected chi connectivity index (χ0v) is 13.1. The minimum atomic E-state index is 1.08. The molecule has 0 spiro atoms. The number of hydrogen-bond donors (Lipinski definition) is 1. The highest BCUT2D eigenvalue weighted by Gasteiger charge is 2.06. The van der Waals surface area contributed by atoms with Crippen LogP contribution in [0.2, 0.25) is 0 Å². The quantitative estimate of drug-likeness (QED) is 0.559. The molecule has 0 unspecified atom stereocenters. The van der Waals surface area contributed by atoms with E-state index >= 15 is 0 Å². The molecule has 110 valence electrons. The zero-order valence-electron chi connectivity index (χ0n) is 13.1. The van der Waals surface area contributed by atoms with Gasteiger partial charge in [-0.25, -0.2) is 0 Å². The highest BCUT2D eigenvalue weighted by Crippen LogP contribution is 2.18. The van der Waals surface area contributed by atoms with Crippen molar-refractivity contribution in [3.63, 3.8) is 0 Å². The summed E-state index contributed by atoms with van der Waals surface area (Å²) in [6.45, 7) is 2.39. The van der Waals surface area contributed by atoms with Gasteiger partial charge in [-0.3, -0.25) is 0 Å². The molecule has 1 N–H and O–H groups in total. The summed E-state index contributed by atoms with van der Waals surface area (Å²) in [4.78, 5) is 3.28. The van der Waals surface area contributed by atoms with Crippen LogP contribution in [0.5, 0.6) is 0 Å². The highest BCUT2D eigenvalue weighted by molar-refractivity contribution is 5.55. The number of hydrogen-bond acceptors (Lipinski definition) is 0. The van der Waals surface area contributed by atoms with Gasteiger partial charge >= 0.3 is 0 Å². The summed E-state index contributed by atoms with van der Waals surface area (Å²) >= 11 is 0. The van der Waals surface area contributed by atoms with Crippen LogP contribution in [-0.4, -0.2) is 41.7 Å². The van der Waals surface area contributed by atoms with Gasteiger partial charge in [0, 0.05) is 18.9 Å². The second-order valence-corrected chi connectivity index (χ2v) is 6.60. The van der Waals surface area contributed by atoms with Crippen molar-refractivity contribution in [2.24, 2.45) is 0 Å². The molecule has 0 amide bonds. The van der Waals surface area contributed by atoms with Crippen LogP contribution >= 0.6 is 0 Å². The van der Waals surface area contributed by atoms with E-state index in [1.807, 2.05) is 6.20 Å². The van der Waals surface area contributed by atoms with Gasteiger partial charge in [-0.1, -0.05) is 6.42 Å². The molecule has 0 aromatic carbocycles. The number of nitrogens with one attached hydrogen (secondary N) is 1. The molecule has 0 fully saturated rings. The first-order valence-electron chi connectivity index (χ1n) is 7.66. The number of rotatable bonds is 8. The minimum Gasteiger partial charge on any atom is -0.360 e. The van der Waals surface area contributed by atoms with Crippen LogP contribution in [0.1, 0.15) is 25.7 Å². The number of nitrogens with zero attached hydrogens (tertiary/aromatic N) is 2. The molecule has 3 nitrogen and oxygen atoms in total. The molecule has 2 aromatic rings. The van der Waals surface area contributed by atoms with Crippen molar-refractivity contribution in [2.75, 3.05) is 27.7 Å². The highest BCUT2D eigenvalue weighted by atomic mass is 15.3. The molecule has 0 aliphatic carbocycles. The lowest BCUT2D eigenvalue weighted by Crippen LogP contribution is -2.35. The van der Waals surface area contributed by atoms with Crippen molar-refractivity contribution in [2.45, 2.75) is 32.2 Å². The van der Waals surface area contributed by atoms with Crippen molar-refractivity contribution in [1.29, 1.82) is 0 Å². The van der Waals surface area contributed by atoms with Crippen molar-refractivity contribution in [3.8, 4) is 11.4 Å². The van der Waals surface area contributed by atoms with Gasteiger partial charge in [0.25, 0.3) is 0 Å². The average molecular weight is 274 g/mol. The van der Waals surface area contributed by atoms with Gasteiger partial charge < -0.3 is 14.0 Å². The molecule has 20 heavy (non-hydrogen) atoms. The zero-order chi connectivity index (χ0) is 14.4. The summed E-state index contributed by atoms with van der Waals surface area (Å²) in [5.74, 6) is 0. The Labute approximate surface area is 122 Å². The molecule has 0 atom stereocenters. The first-order chi connectivity index (χ1) is 9.56. The molecule has 2 rings (SSSR count). The number of quaternary nitrogens is 1. The number of aryl methyl sites for hydroxylation is 1. The Bertz CT molecular complexity index is 489. The normalized spacial score (nSPS) is 11.9. The van der Waals surface area contributed by atoms with Gasteiger partial charge in [0.2, 0.25) is 0 Å². The molecular weight excluding hydrogens is 246 g/mol. The molecule has 0 saturated heterocycles. The number of unbranched alkanes of at least 4 members (excludes halogenated alkanes) is 3. The number of aromatic nitrogens is 2. The molecule has 0 bridgehead atoms. The fourth-order valence-corrected chi connectivity index (χ4v) is 2.57. The van der Waals surface area contributed by atoms with E-state index in [0.29, 0.717) is 0 Å². The fraction of sp³-hybridized carbons (Fsp3) is 0.529. The summed E-state index contributed by atoms with van der Waals surface area (Å²) in [6.07, 6.45) is 9.43. The van der Waals surface area contributed by atoms with Crippen molar-refractivity contribution in [3.05, 3.63) is 36.7 Å². The first kappa shape index (κ1) is 14.9. The van der Waals surface area contributed by atoms with E-state index in [1.165, 1.54) is 43.6 Å². The number of aromatic amines is 1. The molecule has 0 saturated carbocycles. The predicted molar refractivity (Wildman–Crippen MR) is 85.6 cm³/mol. The van der Waals surface area contributed by atoms with Crippen LogP contribution in [0.4, 0.5) is 0 Å². The largest absolute Gasteiger partial charge is 0.360 e. The Morgan fingerprint density at radius 3 is 2.50 bits per heavy atom. The van der Waals surface area contributed by atoms with Crippen LogP contribution in [-0.2, 0) is 6.54 Å². The van der Waals surface area contributed by atoms with E-state index in [2.05, 4.69) is 61.2 Å². The second-order valence-electron chi connectivity index (χ2n) is 6.60. The molecule has 0 aliphatic heterocycles. The molecule has 2 aromatic heterocycles. The Hall–Kier alpha value is -1.48. The Kier molecular flexibility index (Phi) is 5.07. The molecule has 0 radical (unpaired) electrons. The van der Waals surface area contributed by atoms with Gasteiger partial charge in [0.15, 0.2) is 0 Å². The van der Waals surface area contributed by atoms with Crippen molar-refractivity contribution >= 4 is 0 Å².